The zero-order valence-electron chi connectivity index (χ0n) is 19.8. The largest absolute Gasteiger partial charge is 0.389 e. The van der Waals surface area contributed by atoms with E-state index in [1.807, 2.05) is 12.1 Å². The Morgan fingerprint density at radius 1 is 1.26 bits per heavy atom. The minimum absolute atomic E-state index is 0.0111. The van der Waals surface area contributed by atoms with Gasteiger partial charge in [0.05, 0.1) is 35.6 Å². The molecule has 0 unspecified atom stereocenters. The van der Waals surface area contributed by atoms with Crippen LogP contribution < -0.4 is 10.2 Å². The average Bonchev–Trinajstić information content (AvgIpc) is 3.15. The fraction of sp³-hybridized carbons (Fsp3) is 0.600. The van der Waals surface area contributed by atoms with Crippen LogP contribution in [0.4, 0.5) is 11.5 Å². The molecule has 3 fully saturated rings. The molecule has 1 aliphatic carbocycles. The van der Waals surface area contributed by atoms with Crippen LogP contribution in [-0.4, -0.2) is 85.6 Å². The van der Waals surface area contributed by atoms with Crippen molar-refractivity contribution in [1.82, 2.24) is 9.88 Å². The van der Waals surface area contributed by atoms with Gasteiger partial charge in [0, 0.05) is 57.4 Å². The van der Waals surface area contributed by atoms with E-state index in [1.54, 1.807) is 13.3 Å². The monoisotopic (exact) mass is 488 g/mol. The van der Waals surface area contributed by atoms with Gasteiger partial charge < -0.3 is 24.8 Å². The number of carbonyl (C=O) groups is 1. The van der Waals surface area contributed by atoms with Crippen molar-refractivity contribution in [2.45, 2.75) is 31.4 Å². The van der Waals surface area contributed by atoms with Gasteiger partial charge >= 0.3 is 0 Å². The summed E-state index contributed by atoms with van der Waals surface area (Å²) in [7, 11) is 1.67. The molecule has 4 atom stereocenters. The van der Waals surface area contributed by atoms with Crippen molar-refractivity contribution in [3.05, 3.63) is 29.4 Å². The molecule has 5 rings (SSSR count). The number of aromatic nitrogens is 1. The van der Waals surface area contributed by atoms with Crippen molar-refractivity contribution in [2.24, 2.45) is 11.8 Å². The molecule has 184 valence electrons. The first-order valence-corrected chi connectivity index (χ1v) is 12.4. The number of hydrogen-bond donors (Lipinski definition) is 2. The van der Waals surface area contributed by atoms with Crippen molar-refractivity contribution < 1.29 is 19.4 Å². The van der Waals surface area contributed by atoms with Crippen LogP contribution in [0.15, 0.2) is 24.4 Å². The predicted molar refractivity (Wildman–Crippen MR) is 132 cm³/mol. The summed E-state index contributed by atoms with van der Waals surface area (Å²) in [6, 6.07) is 5.94. The lowest BCUT2D eigenvalue weighted by molar-refractivity contribution is -0.126. The number of nitrogens with zero attached hydrogens (tertiary/aromatic N) is 3. The van der Waals surface area contributed by atoms with E-state index in [2.05, 4.69) is 33.1 Å². The maximum Gasteiger partial charge on any atom is 0.229 e. The number of fused-ring (bicyclic) bond motifs is 1. The molecule has 8 nitrogen and oxygen atoms in total. The molecule has 34 heavy (non-hydrogen) atoms. The number of piperazine rings is 1. The van der Waals surface area contributed by atoms with Crippen LogP contribution in [0.3, 0.4) is 0 Å². The molecule has 0 radical (unpaired) electrons. The number of anilines is 2. The molecule has 2 aliphatic heterocycles. The van der Waals surface area contributed by atoms with Gasteiger partial charge in [0.15, 0.2) is 0 Å². The van der Waals surface area contributed by atoms with E-state index in [-0.39, 0.29) is 23.3 Å². The molecule has 2 N–H and O–H groups in total. The number of benzene rings is 1. The van der Waals surface area contributed by atoms with Gasteiger partial charge in [-0.15, -0.1) is 0 Å². The molecule has 9 heteroatoms. The highest BCUT2D eigenvalue weighted by molar-refractivity contribution is 6.34. The van der Waals surface area contributed by atoms with Crippen molar-refractivity contribution in [3.8, 4) is 0 Å². The van der Waals surface area contributed by atoms with Crippen molar-refractivity contribution in [3.63, 3.8) is 0 Å². The number of aliphatic hydroxyl groups is 1. The lowest BCUT2D eigenvalue weighted by Crippen LogP contribution is -2.60. The first-order chi connectivity index (χ1) is 16.4. The number of pyridine rings is 1. The SMILES string of the molecule is COC[C@@H]1CC[C@H]1C(=O)Nc1cc2cc(N3CCN([C@@]4(C)COC[C@H]4O)CC3)c(Cl)cc2cn1. The predicted octanol–water partition coefficient (Wildman–Crippen LogP) is 2.77. The Morgan fingerprint density at radius 3 is 2.71 bits per heavy atom. The molecular weight excluding hydrogens is 456 g/mol. The number of ether oxygens (including phenoxy) is 2. The second-order valence-corrected chi connectivity index (χ2v) is 10.4. The number of carbonyl (C=O) groups excluding carboxylic acids is 1. The first kappa shape index (κ1) is 23.8. The standard InChI is InChI=1S/C25H33ClN4O4/c1-25(15-34-14-22(25)31)30-7-5-29(6-8-30)21-10-17-11-23(27-12-18(17)9-20(21)26)28-24(32)19-4-3-16(19)13-33-2/h9-12,16,19,22,31H,3-8,13-15H2,1-2H3,(H,27,28,32)/t16-,19+,22+,25-/m0/s1. The first-order valence-electron chi connectivity index (χ1n) is 12.0. The topological polar surface area (TPSA) is 87.2 Å². The van der Waals surface area contributed by atoms with Gasteiger partial charge in [-0.3, -0.25) is 9.69 Å². The van der Waals surface area contributed by atoms with Gasteiger partial charge in [-0.25, -0.2) is 4.98 Å². The lowest BCUT2D eigenvalue weighted by atomic mass is 9.73. The summed E-state index contributed by atoms with van der Waals surface area (Å²) < 4.78 is 10.7. The highest BCUT2D eigenvalue weighted by Crippen LogP contribution is 2.36. The third-order valence-corrected chi connectivity index (χ3v) is 8.21. The summed E-state index contributed by atoms with van der Waals surface area (Å²) in [5.41, 5.74) is 0.644. The number of hydrogen-bond acceptors (Lipinski definition) is 7. The Bertz CT molecular complexity index is 1060. The van der Waals surface area contributed by atoms with Gasteiger partial charge in [0.25, 0.3) is 0 Å². The highest BCUT2D eigenvalue weighted by Gasteiger charge is 2.44. The minimum Gasteiger partial charge on any atom is -0.389 e. The number of halogens is 1. The molecule has 3 aliphatic rings. The minimum atomic E-state index is -0.464. The van der Waals surface area contributed by atoms with Crippen LogP contribution in [-0.2, 0) is 14.3 Å². The highest BCUT2D eigenvalue weighted by atomic mass is 35.5. The molecule has 1 aromatic heterocycles. The Labute approximate surface area is 205 Å². The maximum absolute atomic E-state index is 12.7. The smallest absolute Gasteiger partial charge is 0.229 e. The Kier molecular flexibility index (Phi) is 6.70. The number of rotatable bonds is 6. The summed E-state index contributed by atoms with van der Waals surface area (Å²) in [4.78, 5) is 21.7. The molecule has 0 spiro atoms. The summed E-state index contributed by atoms with van der Waals surface area (Å²) in [6.45, 7) is 6.92. The summed E-state index contributed by atoms with van der Waals surface area (Å²) >= 11 is 6.66. The maximum atomic E-state index is 12.7. The molecule has 2 saturated heterocycles. The summed E-state index contributed by atoms with van der Waals surface area (Å²) in [5.74, 6) is 0.840. The molecule has 2 aromatic rings. The van der Waals surface area contributed by atoms with E-state index in [0.717, 1.165) is 55.5 Å². The molecular formula is C25H33ClN4O4. The van der Waals surface area contributed by atoms with Crippen LogP contribution >= 0.6 is 11.6 Å². The molecule has 1 saturated carbocycles. The zero-order valence-corrected chi connectivity index (χ0v) is 20.6. The van der Waals surface area contributed by atoms with Crippen LogP contribution in [0.25, 0.3) is 10.8 Å². The van der Waals surface area contributed by atoms with E-state index >= 15 is 0 Å². The third-order valence-electron chi connectivity index (χ3n) is 7.90. The van der Waals surface area contributed by atoms with Crippen LogP contribution in [0, 0.1) is 11.8 Å². The normalized spacial score (nSPS) is 29.9. The van der Waals surface area contributed by atoms with Crippen molar-refractivity contribution >= 4 is 39.8 Å². The summed E-state index contributed by atoms with van der Waals surface area (Å²) in [5, 5.41) is 16.0. The van der Waals surface area contributed by atoms with Crippen LogP contribution in [0.2, 0.25) is 5.02 Å². The Morgan fingerprint density at radius 2 is 2.06 bits per heavy atom. The second kappa shape index (κ2) is 9.59. The van der Waals surface area contributed by atoms with E-state index < -0.39 is 6.10 Å². The van der Waals surface area contributed by atoms with Gasteiger partial charge in [-0.2, -0.15) is 0 Å². The molecule has 0 bridgehead atoms. The average molecular weight is 489 g/mol. The fourth-order valence-corrected chi connectivity index (χ4v) is 5.72. The van der Waals surface area contributed by atoms with Crippen molar-refractivity contribution in [1.29, 1.82) is 0 Å². The van der Waals surface area contributed by atoms with Crippen LogP contribution in [0.1, 0.15) is 19.8 Å². The zero-order chi connectivity index (χ0) is 23.9. The van der Waals surface area contributed by atoms with Gasteiger partial charge in [0.2, 0.25) is 5.91 Å². The number of aliphatic hydroxyl groups excluding tert-OH is 1. The van der Waals surface area contributed by atoms with Gasteiger partial charge in [0.1, 0.15) is 5.82 Å². The molecule has 1 aromatic carbocycles. The third kappa shape index (κ3) is 4.38. The fourth-order valence-electron chi connectivity index (χ4n) is 5.42. The van der Waals surface area contributed by atoms with E-state index in [4.69, 9.17) is 21.1 Å². The molecule has 1 amide bonds. The van der Waals surface area contributed by atoms with Gasteiger partial charge in [-0.1, -0.05) is 11.6 Å². The molecule has 3 heterocycles. The van der Waals surface area contributed by atoms with E-state index in [1.165, 1.54) is 0 Å². The Balaban J connectivity index is 1.29. The summed E-state index contributed by atoms with van der Waals surface area (Å²) in [6.07, 6.45) is 3.21. The van der Waals surface area contributed by atoms with Crippen LogP contribution in [0.5, 0.6) is 0 Å². The number of amides is 1. The number of nitrogens with one attached hydrogen (secondary N) is 1. The van der Waals surface area contributed by atoms with Crippen molar-refractivity contribution in [2.75, 3.05) is 63.3 Å². The quantitative estimate of drug-likeness (QED) is 0.646. The Hall–Kier alpha value is -1.97. The number of methoxy groups -OCH3 is 1. The van der Waals surface area contributed by atoms with E-state index in [9.17, 15) is 9.90 Å². The van der Waals surface area contributed by atoms with Gasteiger partial charge in [-0.05, 0) is 49.3 Å². The van der Waals surface area contributed by atoms with E-state index in [0.29, 0.717) is 30.7 Å². The second-order valence-electron chi connectivity index (χ2n) is 9.97. The lowest BCUT2D eigenvalue weighted by Gasteiger charge is -2.45.